The van der Waals surface area contributed by atoms with Crippen molar-refractivity contribution < 1.29 is 41.0 Å². The Morgan fingerprint density at radius 2 is 1.73 bits per heavy atom. The number of pyridine rings is 1. The van der Waals surface area contributed by atoms with E-state index in [-0.39, 0.29) is 23.1 Å². The van der Waals surface area contributed by atoms with E-state index in [4.69, 9.17) is 21.5 Å². The monoisotopic (exact) mass is 736 g/mol. The highest BCUT2D eigenvalue weighted by molar-refractivity contribution is 6.31. The van der Waals surface area contributed by atoms with Crippen LogP contribution in [0.3, 0.4) is 0 Å². The van der Waals surface area contributed by atoms with Gasteiger partial charge in [-0.1, -0.05) is 24.9 Å². The maximum Gasteiger partial charge on any atom is 0.490 e. The summed E-state index contributed by atoms with van der Waals surface area (Å²) >= 11 is 6.25. The quantitative estimate of drug-likeness (QED) is 0.198. The second kappa shape index (κ2) is 14.4. The zero-order chi connectivity index (χ0) is 37.2. The third kappa shape index (κ3) is 8.28. The molecule has 5 aromatic rings. The number of carboxylic acid groups (broad SMARTS) is 1. The highest BCUT2D eigenvalue weighted by Crippen LogP contribution is 2.34. The summed E-state index contributed by atoms with van der Waals surface area (Å²) in [6.07, 6.45) is -1.41. The van der Waals surface area contributed by atoms with Crippen LogP contribution in [0.2, 0.25) is 5.02 Å². The van der Waals surface area contributed by atoms with Crippen molar-refractivity contribution in [3.05, 3.63) is 94.4 Å². The highest BCUT2D eigenvalue weighted by atomic mass is 35.5. The number of hydrogen-bond acceptors (Lipinski definition) is 7. The summed E-state index contributed by atoms with van der Waals surface area (Å²) in [6.45, 7) is 1.85. The summed E-state index contributed by atoms with van der Waals surface area (Å²) in [6, 6.07) is 9.12. The molecule has 0 saturated carbocycles. The Morgan fingerprint density at radius 1 is 1.00 bits per heavy atom. The van der Waals surface area contributed by atoms with Crippen LogP contribution in [0.1, 0.15) is 43.6 Å². The second-order valence-electron chi connectivity index (χ2n) is 11.5. The van der Waals surface area contributed by atoms with Gasteiger partial charge >= 0.3 is 18.3 Å². The number of rotatable bonds is 3. The van der Waals surface area contributed by atoms with Gasteiger partial charge in [-0.2, -0.15) is 31.4 Å². The first kappa shape index (κ1) is 36.8. The summed E-state index contributed by atoms with van der Waals surface area (Å²) in [5.74, 6) is -3.16. The Morgan fingerprint density at radius 3 is 2.37 bits per heavy atom. The van der Waals surface area contributed by atoms with Crippen LogP contribution >= 0.6 is 11.6 Å². The summed E-state index contributed by atoms with van der Waals surface area (Å²) in [4.78, 5) is 48.1. The lowest BCUT2D eigenvalue weighted by atomic mass is 9.97. The molecule has 268 valence electrons. The number of carbonyl (C=O) groups is 2. The van der Waals surface area contributed by atoms with Crippen LogP contribution in [-0.2, 0) is 22.8 Å². The third-order valence-electron chi connectivity index (χ3n) is 7.95. The van der Waals surface area contributed by atoms with Crippen molar-refractivity contribution in [1.29, 1.82) is 0 Å². The predicted octanol–water partition coefficient (Wildman–Crippen LogP) is 6.54. The Labute approximate surface area is 289 Å². The molecule has 2 bridgehead atoms. The smallest absolute Gasteiger partial charge is 0.475 e. The molecule has 1 aliphatic rings. The summed E-state index contributed by atoms with van der Waals surface area (Å²) < 4.78 is 75.8. The fraction of sp³-hybridized carbons (Fsp3) is 0.281. The van der Waals surface area contributed by atoms with Gasteiger partial charge in [0.05, 0.1) is 53.3 Å². The Kier molecular flexibility index (Phi) is 10.4. The lowest BCUT2D eigenvalue weighted by Crippen LogP contribution is -2.27. The van der Waals surface area contributed by atoms with Gasteiger partial charge in [0.2, 0.25) is 5.91 Å². The number of aromatic nitrogens is 7. The van der Waals surface area contributed by atoms with E-state index in [1.165, 1.54) is 33.7 Å². The van der Waals surface area contributed by atoms with Gasteiger partial charge in [0.15, 0.2) is 5.69 Å². The van der Waals surface area contributed by atoms with Crippen LogP contribution in [0, 0.1) is 5.92 Å². The average molecular weight is 737 g/mol. The summed E-state index contributed by atoms with van der Waals surface area (Å²) in [7, 11) is 1.78. The third-order valence-corrected chi connectivity index (χ3v) is 8.19. The van der Waals surface area contributed by atoms with E-state index < -0.39 is 30.1 Å². The molecule has 0 spiro atoms. The van der Waals surface area contributed by atoms with Crippen molar-refractivity contribution in [1.82, 2.24) is 33.9 Å². The van der Waals surface area contributed by atoms with Crippen molar-refractivity contribution >= 4 is 29.2 Å². The standard InChI is InChI=1S/C30H26ClF3N8O2.C2HF3O2/c1-17-4-3-5-25(22-10-18(8-9-35-22)28-23(39-29(17)44)13-38-40(28)2)42-16-36-21(12-27(42)43)20-11-19(31)6-7-24(20)41-14-26(37-15-41)30(32,33)34;3-2(4,5)1(6)7/h6-17,25H,3-5H2,1-2H3,(H,39,44);(H,6,7)/t17-,25+;/m1./s1. The molecule has 12 nitrogen and oxygen atoms in total. The van der Waals surface area contributed by atoms with Gasteiger partial charge in [-0.25, -0.2) is 14.8 Å². The Bertz CT molecular complexity index is 2140. The first-order valence-corrected chi connectivity index (χ1v) is 15.4. The van der Waals surface area contributed by atoms with E-state index in [0.29, 0.717) is 52.6 Å². The molecule has 0 aliphatic carbocycles. The van der Waals surface area contributed by atoms with Crippen LogP contribution in [0.5, 0.6) is 0 Å². The number of hydrogen-bond donors (Lipinski definition) is 2. The minimum Gasteiger partial charge on any atom is -0.475 e. The average Bonchev–Trinajstić information content (AvgIpc) is 3.70. The zero-order valence-corrected chi connectivity index (χ0v) is 27.3. The second-order valence-corrected chi connectivity index (χ2v) is 11.9. The molecule has 19 heteroatoms. The number of nitrogens with one attached hydrogen (secondary N) is 1. The number of aliphatic carboxylic acids is 1. The lowest BCUT2D eigenvalue weighted by molar-refractivity contribution is -0.192. The molecule has 51 heavy (non-hydrogen) atoms. The van der Waals surface area contributed by atoms with Gasteiger partial charge in [-0.05, 0) is 43.2 Å². The van der Waals surface area contributed by atoms with Crippen LogP contribution in [-0.4, -0.2) is 57.0 Å². The maximum atomic E-state index is 13.7. The number of anilines is 1. The number of alkyl halides is 6. The maximum absolute atomic E-state index is 13.7. The molecule has 0 fully saturated rings. The van der Waals surface area contributed by atoms with Crippen LogP contribution in [0.15, 0.2) is 72.4 Å². The molecule has 2 N–H and O–H groups in total. The minimum absolute atomic E-state index is 0.119. The van der Waals surface area contributed by atoms with Crippen LogP contribution < -0.4 is 10.9 Å². The lowest BCUT2D eigenvalue weighted by Gasteiger charge is -2.22. The van der Waals surface area contributed by atoms with Gasteiger partial charge in [0.1, 0.15) is 0 Å². The van der Waals surface area contributed by atoms with E-state index in [2.05, 4.69) is 25.4 Å². The number of carboxylic acids is 1. The summed E-state index contributed by atoms with van der Waals surface area (Å²) in [5, 5.41) is 14.8. The van der Waals surface area contributed by atoms with E-state index in [1.807, 2.05) is 19.1 Å². The predicted molar refractivity (Wildman–Crippen MR) is 171 cm³/mol. The summed E-state index contributed by atoms with van der Waals surface area (Å²) in [5.41, 5.74) is 2.15. The SMILES string of the molecule is C[C@@H]1CCC[C@H](n2cnc(-c3cc(Cl)ccc3-n3cnc(C(F)(F)F)c3)cc2=O)c2cc(ccn2)-c2c(cnn2C)NC1=O.O=C(O)C(F)(F)F. The Balaban J connectivity index is 0.000000654. The van der Waals surface area contributed by atoms with Crippen LogP contribution in [0.4, 0.5) is 32.0 Å². The number of halogens is 7. The van der Waals surface area contributed by atoms with Gasteiger partial charge in [-0.3, -0.25) is 23.8 Å². The van der Waals surface area contributed by atoms with Gasteiger partial charge in [-0.15, -0.1) is 0 Å². The van der Waals surface area contributed by atoms with E-state index in [9.17, 15) is 35.9 Å². The molecule has 1 aliphatic heterocycles. The largest absolute Gasteiger partial charge is 0.490 e. The molecule has 0 saturated heterocycles. The van der Waals surface area contributed by atoms with E-state index in [1.54, 1.807) is 30.2 Å². The van der Waals surface area contributed by atoms with Crippen molar-refractivity contribution in [3.63, 3.8) is 0 Å². The van der Waals surface area contributed by atoms with Crippen molar-refractivity contribution in [2.45, 2.75) is 44.6 Å². The molecule has 0 unspecified atom stereocenters. The number of aryl methyl sites for hydroxylation is 1. The fourth-order valence-electron chi connectivity index (χ4n) is 5.41. The topological polar surface area (TPSA) is 150 Å². The van der Waals surface area contributed by atoms with Crippen molar-refractivity contribution in [3.8, 4) is 28.2 Å². The van der Waals surface area contributed by atoms with E-state index >= 15 is 0 Å². The molecule has 1 aromatic carbocycles. The van der Waals surface area contributed by atoms with Crippen molar-refractivity contribution in [2.24, 2.45) is 13.0 Å². The number of imidazole rings is 1. The van der Waals surface area contributed by atoms with Gasteiger partial charge in [0.25, 0.3) is 5.56 Å². The number of carbonyl (C=O) groups excluding carboxylic acids is 1. The van der Waals surface area contributed by atoms with Gasteiger partial charge in [0, 0.05) is 47.6 Å². The minimum atomic E-state index is -5.08. The molecule has 1 amide bonds. The number of benzene rings is 1. The molecule has 0 radical (unpaired) electrons. The Hall–Kier alpha value is -5.52. The first-order valence-electron chi connectivity index (χ1n) is 15.0. The fourth-order valence-corrected chi connectivity index (χ4v) is 5.59. The molecule has 4 aromatic heterocycles. The first-order chi connectivity index (χ1) is 23.9. The number of amides is 1. The molecule has 6 rings (SSSR count). The number of fused-ring (bicyclic) bond motifs is 4. The molecular weight excluding hydrogens is 710 g/mol. The van der Waals surface area contributed by atoms with Crippen LogP contribution in [0.25, 0.3) is 28.2 Å². The number of nitrogens with zero attached hydrogens (tertiary/aromatic N) is 7. The van der Waals surface area contributed by atoms with Crippen molar-refractivity contribution in [2.75, 3.05) is 5.32 Å². The normalized spacial score (nSPS) is 16.5. The molecule has 2 atom stereocenters. The zero-order valence-electron chi connectivity index (χ0n) is 26.6. The molecule has 5 heterocycles. The highest BCUT2D eigenvalue weighted by Gasteiger charge is 2.38. The molecular formula is C32H27ClF6N8O4. The van der Waals surface area contributed by atoms with E-state index in [0.717, 1.165) is 18.1 Å². The van der Waals surface area contributed by atoms with Gasteiger partial charge < -0.3 is 15.0 Å².